The zero-order valence-corrected chi connectivity index (χ0v) is 11.1. The predicted octanol–water partition coefficient (Wildman–Crippen LogP) is 2.09. The monoisotopic (exact) mass is 310 g/mol. The normalized spacial score (nSPS) is 11.5. The van der Waals surface area contributed by atoms with Crippen molar-refractivity contribution in [2.45, 2.75) is 13.0 Å². The first-order valence-electron chi connectivity index (χ1n) is 4.50. The Labute approximate surface area is 108 Å². The minimum absolute atomic E-state index is 0. The number of hydrogen-bond acceptors (Lipinski definition) is 2. The summed E-state index contributed by atoms with van der Waals surface area (Å²) >= 11 is 3.13. The highest BCUT2D eigenvalue weighted by atomic mass is 79.9. The number of rotatable bonds is 3. The molecule has 0 saturated carbocycles. The van der Waals surface area contributed by atoms with E-state index in [1.807, 2.05) is 0 Å². The third-order valence-corrected chi connectivity index (χ3v) is 2.56. The van der Waals surface area contributed by atoms with Crippen LogP contribution in [-0.4, -0.2) is 18.5 Å². The van der Waals surface area contributed by atoms with Gasteiger partial charge >= 0.3 is 0 Å². The maximum atomic E-state index is 12.8. The van der Waals surface area contributed by atoms with E-state index in [0.717, 1.165) is 0 Å². The molecule has 90 valence electrons. The van der Waals surface area contributed by atoms with Gasteiger partial charge in [-0.3, -0.25) is 4.79 Å². The van der Waals surface area contributed by atoms with Gasteiger partial charge in [0.2, 0.25) is 0 Å². The van der Waals surface area contributed by atoms with Crippen molar-refractivity contribution in [2.24, 2.45) is 5.73 Å². The van der Waals surface area contributed by atoms with Gasteiger partial charge in [-0.15, -0.1) is 12.4 Å². The van der Waals surface area contributed by atoms with Crippen molar-refractivity contribution in [1.82, 2.24) is 5.32 Å². The van der Waals surface area contributed by atoms with Crippen LogP contribution in [0.3, 0.4) is 0 Å². The lowest BCUT2D eigenvalue weighted by atomic mass is 10.2. The zero-order valence-electron chi connectivity index (χ0n) is 8.67. The van der Waals surface area contributed by atoms with Gasteiger partial charge in [-0.05, 0) is 41.1 Å². The van der Waals surface area contributed by atoms with Crippen molar-refractivity contribution in [3.63, 3.8) is 0 Å². The molecule has 0 bridgehead atoms. The van der Waals surface area contributed by atoms with Gasteiger partial charge in [0.05, 0.1) is 5.56 Å². The smallest absolute Gasteiger partial charge is 0.252 e. The molecule has 0 aromatic heterocycles. The van der Waals surface area contributed by atoms with Gasteiger partial charge in [0.1, 0.15) is 5.82 Å². The maximum Gasteiger partial charge on any atom is 0.252 e. The molecular weight excluding hydrogens is 298 g/mol. The number of nitrogens with two attached hydrogens (primary N) is 1. The molecule has 16 heavy (non-hydrogen) atoms. The molecule has 1 rings (SSSR count). The van der Waals surface area contributed by atoms with Crippen LogP contribution in [0.2, 0.25) is 0 Å². The summed E-state index contributed by atoms with van der Waals surface area (Å²) in [6.07, 6.45) is 0. The van der Waals surface area contributed by atoms with E-state index in [0.29, 0.717) is 16.6 Å². The van der Waals surface area contributed by atoms with Gasteiger partial charge in [0.25, 0.3) is 5.91 Å². The van der Waals surface area contributed by atoms with E-state index in [2.05, 4.69) is 21.2 Å². The lowest BCUT2D eigenvalue weighted by Crippen LogP contribution is -2.37. The van der Waals surface area contributed by atoms with Crippen molar-refractivity contribution in [1.29, 1.82) is 0 Å². The Bertz CT molecular complexity index is 376. The third kappa shape index (κ3) is 4.08. The van der Waals surface area contributed by atoms with Crippen LogP contribution in [-0.2, 0) is 0 Å². The minimum Gasteiger partial charge on any atom is -0.348 e. The summed E-state index contributed by atoms with van der Waals surface area (Å²) in [5, 5.41) is 2.69. The van der Waals surface area contributed by atoms with E-state index >= 15 is 0 Å². The molecule has 0 radical (unpaired) electrons. The number of carbonyl (C=O) groups excluding carboxylic acids is 1. The molecule has 0 heterocycles. The minimum atomic E-state index is -0.384. The summed E-state index contributed by atoms with van der Waals surface area (Å²) in [6.45, 7) is 2.17. The SMILES string of the molecule is C[C@H](CN)NC(=O)c1ccc(F)cc1Br.Cl. The molecule has 3 N–H and O–H groups in total. The van der Waals surface area contributed by atoms with Crippen LogP contribution in [0.15, 0.2) is 22.7 Å². The van der Waals surface area contributed by atoms with Gasteiger partial charge < -0.3 is 11.1 Å². The van der Waals surface area contributed by atoms with Gasteiger partial charge in [0.15, 0.2) is 0 Å². The maximum absolute atomic E-state index is 12.8. The number of halogens is 3. The molecule has 6 heteroatoms. The second-order valence-corrected chi connectivity index (χ2v) is 4.09. The van der Waals surface area contributed by atoms with E-state index in [9.17, 15) is 9.18 Å². The fourth-order valence-corrected chi connectivity index (χ4v) is 1.57. The van der Waals surface area contributed by atoms with Gasteiger partial charge in [-0.2, -0.15) is 0 Å². The van der Waals surface area contributed by atoms with Crippen molar-refractivity contribution in [3.8, 4) is 0 Å². The number of amides is 1. The van der Waals surface area contributed by atoms with Crippen molar-refractivity contribution in [2.75, 3.05) is 6.54 Å². The molecule has 1 amide bonds. The number of hydrogen-bond donors (Lipinski definition) is 2. The second kappa shape index (κ2) is 6.83. The molecular formula is C10H13BrClFN2O. The number of carbonyl (C=O) groups is 1. The molecule has 0 unspecified atom stereocenters. The van der Waals surface area contributed by atoms with Crippen LogP contribution in [0, 0.1) is 5.82 Å². The summed E-state index contributed by atoms with van der Waals surface area (Å²) in [6, 6.07) is 3.82. The molecule has 1 aromatic rings. The third-order valence-electron chi connectivity index (χ3n) is 1.91. The molecule has 3 nitrogen and oxygen atoms in total. The van der Waals surface area contributed by atoms with Crippen LogP contribution in [0.25, 0.3) is 0 Å². The molecule has 0 aliphatic carbocycles. The quantitative estimate of drug-likeness (QED) is 0.898. The Hall–Kier alpha value is -0.650. The molecule has 0 aliphatic heterocycles. The summed E-state index contributed by atoms with van der Waals surface area (Å²) in [5.41, 5.74) is 5.77. The first kappa shape index (κ1) is 15.3. The van der Waals surface area contributed by atoms with Crippen LogP contribution in [0.4, 0.5) is 4.39 Å². The van der Waals surface area contributed by atoms with Crippen molar-refractivity contribution < 1.29 is 9.18 Å². The van der Waals surface area contributed by atoms with Crippen LogP contribution < -0.4 is 11.1 Å². The Morgan fingerprint density at radius 1 is 1.62 bits per heavy atom. The first-order chi connectivity index (χ1) is 7.04. The average molecular weight is 312 g/mol. The fraction of sp³-hybridized carbons (Fsp3) is 0.300. The lowest BCUT2D eigenvalue weighted by molar-refractivity contribution is 0.0940. The largest absolute Gasteiger partial charge is 0.348 e. The Balaban J connectivity index is 0.00000225. The average Bonchev–Trinajstić information content (AvgIpc) is 2.17. The van der Waals surface area contributed by atoms with Gasteiger partial charge in [-0.25, -0.2) is 4.39 Å². The first-order valence-corrected chi connectivity index (χ1v) is 5.30. The molecule has 0 saturated heterocycles. The Morgan fingerprint density at radius 3 is 2.75 bits per heavy atom. The van der Waals surface area contributed by atoms with Crippen LogP contribution >= 0.6 is 28.3 Å². The number of nitrogens with one attached hydrogen (secondary N) is 1. The summed E-state index contributed by atoms with van der Waals surface area (Å²) < 4.78 is 13.2. The molecule has 0 aliphatic rings. The number of benzene rings is 1. The van der Waals surface area contributed by atoms with Crippen molar-refractivity contribution in [3.05, 3.63) is 34.1 Å². The Morgan fingerprint density at radius 2 is 2.25 bits per heavy atom. The van der Waals surface area contributed by atoms with Gasteiger partial charge in [-0.1, -0.05) is 0 Å². The summed E-state index contributed by atoms with van der Waals surface area (Å²) in [7, 11) is 0. The highest BCUT2D eigenvalue weighted by molar-refractivity contribution is 9.10. The standard InChI is InChI=1S/C10H12BrFN2O.ClH/c1-6(5-13)14-10(15)8-3-2-7(12)4-9(8)11;/h2-4,6H,5,13H2,1H3,(H,14,15);1H/t6-;/m1./s1. The van der Waals surface area contributed by atoms with E-state index < -0.39 is 0 Å². The highest BCUT2D eigenvalue weighted by Crippen LogP contribution is 2.17. The van der Waals surface area contributed by atoms with Crippen LogP contribution in [0.1, 0.15) is 17.3 Å². The second-order valence-electron chi connectivity index (χ2n) is 3.23. The van der Waals surface area contributed by atoms with E-state index in [1.54, 1.807) is 6.92 Å². The van der Waals surface area contributed by atoms with Gasteiger partial charge in [0, 0.05) is 17.1 Å². The molecule has 0 fully saturated rings. The topological polar surface area (TPSA) is 55.1 Å². The zero-order chi connectivity index (χ0) is 11.4. The van der Waals surface area contributed by atoms with Crippen LogP contribution in [0.5, 0.6) is 0 Å². The molecule has 1 aromatic carbocycles. The molecule has 1 atom stereocenters. The van der Waals surface area contributed by atoms with Crippen molar-refractivity contribution >= 4 is 34.2 Å². The highest BCUT2D eigenvalue weighted by Gasteiger charge is 2.12. The predicted molar refractivity (Wildman–Crippen MR) is 67.3 cm³/mol. The summed E-state index contributed by atoms with van der Waals surface area (Å²) in [4.78, 5) is 11.6. The Kier molecular flexibility index (Phi) is 6.55. The van der Waals surface area contributed by atoms with E-state index in [4.69, 9.17) is 5.73 Å². The lowest BCUT2D eigenvalue weighted by Gasteiger charge is -2.12. The fourth-order valence-electron chi connectivity index (χ4n) is 1.03. The van der Waals surface area contributed by atoms with E-state index in [1.165, 1.54) is 18.2 Å². The van der Waals surface area contributed by atoms with E-state index in [-0.39, 0.29) is 30.2 Å². The summed E-state index contributed by atoms with van der Waals surface area (Å²) in [5.74, 6) is -0.648. The molecule has 0 spiro atoms.